The average Bonchev–Trinajstić information content (AvgIpc) is 2.75. The van der Waals surface area contributed by atoms with Crippen LogP contribution in [-0.4, -0.2) is 65.2 Å². The van der Waals surface area contributed by atoms with Crippen molar-refractivity contribution in [2.75, 3.05) is 26.4 Å². The van der Waals surface area contributed by atoms with E-state index in [4.69, 9.17) is 25.9 Å². The van der Waals surface area contributed by atoms with Gasteiger partial charge in [0.15, 0.2) is 0 Å². The molecule has 0 aromatic heterocycles. The minimum atomic E-state index is -3.80. The van der Waals surface area contributed by atoms with Crippen molar-refractivity contribution in [3.63, 3.8) is 0 Å². The zero-order valence-corrected chi connectivity index (χ0v) is 20.2. The van der Waals surface area contributed by atoms with Crippen LogP contribution >= 0.6 is 10.7 Å². The van der Waals surface area contributed by atoms with E-state index < -0.39 is 28.9 Å². The van der Waals surface area contributed by atoms with Crippen LogP contribution in [-0.2, 0) is 28.5 Å². The van der Waals surface area contributed by atoms with Crippen molar-refractivity contribution in [3.05, 3.63) is 68.8 Å². The van der Waals surface area contributed by atoms with Gasteiger partial charge in [-0.05, 0) is 24.3 Å². The predicted molar refractivity (Wildman–Crippen MR) is 123 cm³/mol. The van der Waals surface area contributed by atoms with Gasteiger partial charge in [-0.3, -0.25) is 20.2 Å². The van der Waals surface area contributed by atoms with E-state index >= 15 is 0 Å². The Balaban J connectivity index is 0.000000211. The molecule has 2 fully saturated rings. The second kappa shape index (κ2) is 12.3. The van der Waals surface area contributed by atoms with Gasteiger partial charge in [0.1, 0.15) is 0 Å². The monoisotopic (exact) mass is 552 g/mol. The minimum Gasteiger partial charge on any atom is -0.378 e. The average molecular weight is 553 g/mol. The smallest absolute Gasteiger partial charge is 0.269 e. The minimum absolute atomic E-state index is 0.00926. The fourth-order valence-corrected chi connectivity index (χ4v) is 4.30. The number of nitrogens with two attached hydrogens (primary N) is 1. The first-order valence-electron chi connectivity index (χ1n) is 9.66. The lowest BCUT2D eigenvalue weighted by Gasteiger charge is -2.26. The molecule has 0 aliphatic carbocycles. The molecule has 2 aromatic rings. The summed E-state index contributed by atoms with van der Waals surface area (Å²) in [5.74, 6) is 0. The van der Waals surface area contributed by atoms with Crippen LogP contribution in [0, 0.1) is 20.2 Å². The van der Waals surface area contributed by atoms with Gasteiger partial charge in [0.25, 0.3) is 20.4 Å². The molecule has 2 heterocycles. The highest BCUT2D eigenvalue weighted by molar-refractivity contribution is 8.13. The molecular weight excluding hydrogens is 532 g/mol. The third kappa shape index (κ3) is 9.10. The lowest BCUT2D eigenvalue weighted by atomic mass is 10.3. The zero-order valence-electron chi connectivity index (χ0n) is 17.9. The first kappa shape index (κ1) is 28.5. The van der Waals surface area contributed by atoms with Gasteiger partial charge in [0.05, 0.1) is 58.1 Å². The summed E-state index contributed by atoms with van der Waals surface area (Å²) in [6.07, 6.45) is 0. The van der Waals surface area contributed by atoms with Crippen LogP contribution in [0.15, 0.2) is 58.3 Å². The van der Waals surface area contributed by atoms with Gasteiger partial charge in [-0.25, -0.2) is 21.6 Å². The number of benzene rings is 2. The molecule has 0 radical (unpaired) electrons. The normalized spacial score (nSPS) is 15.8. The van der Waals surface area contributed by atoms with Crippen LogP contribution in [0.2, 0.25) is 0 Å². The summed E-state index contributed by atoms with van der Waals surface area (Å²) in [5.41, 5.74) is 4.93. The van der Waals surface area contributed by atoms with Crippen molar-refractivity contribution in [2.45, 2.75) is 21.9 Å². The highest BCUT2D eigenvalue weighted by Crippen LogP contribution is 2.19. The van der Waals surface area contributed by atoms with Crippen LogP contribution in [0.4, 0.5) is 11.4 Å². The molecule has 2 aliphatic rings. The van der Waals surface area contributed by atoms with Crippen LogP contribution in [0.25, 0.3) is 0 Å². The Morgan fingerprint density at radius 1 is 0.800 bits per heavy atom. The van der Waals surface area contributed by atoms with E-state index in [-0.39, 0.29) is 27.2 Å². The molecule has 0 saturated carbocycles. The van der Waals surface area contributed by atoms with Crippen LogP contribution < -0.4 is 10.5 Å². The first-order chi connectivity index (χ1) is 16.3. The van der Waals surface area contributed by atoms with Gasteiger partial charge >= 0.3 is 0 Å². The highest BCUT2D eigenvalue weighted by Gasteiger charge is 2.25. The van der Waals surface area contributed by atoms with Crippen LogP contribution in [0.3, 0.4) is 0 Å². The molecule has 17 heteroatoms. The maximum atomic E-state index is 11.8. The van der Waals surface area contributed by atoms with Gasteiger partial charge in [-0.2, -0.15) is 0 Å². The second-order valence-corrected chi connectivity index (χ2v) is 11.4. The maximum absolute atomic E-state index is 11.8. The summed E-state index contributed by atoms with van der Waals surface area (Å²) < 4.78 is 57.0. The van der Waals surface area contributed by atoms with Crippen molar-refractivity contribution in [2.24, 2.45) is 5.73 Å². The Kier molecular flexibility index (Phi) is 10.0. The highest BCUT2D eigenvalue weighted by atomic mass is 35.7. The summed E-state index contributed by atoms with van der Waals surface area (Å²) in [5, 5.41) is 20.6. The number of nitro benzene ring substituents is 2. The SMILES string of the molecule is NC1COC1.O=[N+]([O-])c1ccc(S(=O)(=O)Cl)cc1.O=[N+]([O-])c1ccc(S(=O)(=O)NC2COC2)cc1. The van der Waals surface area contributed by atoms with E-state index in [1.54, 1.807) is 0 Å². The topological polar surface area (TPSA) is 211 Å². The molecule has 4 rings (SSSR count). The van der Waals surface area contributed by atoms with Crippen molar-refractivity contribution in [1.29, 1.82) is 0 Å². The summed E-state index contributed by atoms with van der Waals surface area (Å²) in [4.78, 5) is 19.3. The van der Waals surface area contributed by atoms with Crippen molar-refractivity contribution in [1.82, 2.24) is 4.72 Å². The summed E-state index contributed by atoms with van der Waals surface area (Å²) in [6, 6.07) is 9.19. The molecule has 0 atom stereocenters. The fraction of sp³-hybridized carbons (Fsp3) is 0.333. The number of non-ortho nitro benzene ring substituents is 2. The number of halogens is 1. The molecule has 3 N–H and O–H groups in total. The lowest BCUT2D eigenvalue weighted by molar-refractivity contribution is -0.385. The van der Waals surface area contributed by atoms with Crippen molar-refractivity contribution < 1.29 is 36.2 Å². The van der Waals surface area contributed by atoms with Crippen molar-refractivity contribution in [3.8, 4) is 0 Å². The second-order valence-electron chi connectivity index (χ2n) is 7.09. The zero-order chi connectivity index (χ0) is 26.2. The first-order valence-corrected chi connectivity index (χ1v) is 13.5. The van der Waals surface area contributed by atoms with Gasteiger partial charge in [-0.15, -0.1) is 0 Å². The van der Waals surface area contributed by atoms with E-state index in [9.17, 15) is 37.1 Å². The summed E-state index contributed by atoms with van der Waals surface area (Å²) in [7, 11) is -2.42. The number of hydrogen-bond donors (Lipinski definition) is 2. The summed E-state index contributed by atoms with van der Waals surface area (Å²) in [6.45, 7) is 2.23. The Morgan fingerprint density at radius 3 is 1.43 bits per heavy atom. The molecule has 0 spiro atoms. The molecule has 0 bridgehead atoms. The molecule has 35 heavy (non-hydrogen) atoms. The number of nitrogens with zero attached hydrogens (tertiary/aromatic N) is 2. The number of sulfonamides is 1. The maximum Gasteiger partial charge on any atom is 0.269 e. The van der Waals surface area contributed by atoms with E-state index in [1.165, 1.54) is 12.1 Å². The van der Waals surface area contributed by atoms with E-state index in [0.29, 0.717) is 19.3 Å². The fourth-order valence-electron chi connectivity index (χ4n) is 2.32. The molecule has 14 nitrogen and oxygen atoms in total. The van der Waals surface area contributed by atoms with Crippen LogP contribution in [0.5, 0.6) is 0 Å². The molecule has 2 aliphatic heterocycles. The van der Waals surface area contributed by atoms with Gasteiger partial charge in [-0.1, -0.05) is 0 Å². The molecule has 2 aromatic carbocycles. The standard InChI is InChI=1S/C9H10N2O5S.C6H4ClNO4S.C3H7NO/c12-11(13)8-1-3-9(4-2-8)17(14,15)10-7-5-16-6-7;7-13(11,12)6-3-1-5(2-4-6)8(9)10;4-3-1-5-2-3/h1-4,7,10H,5-6H2;1-4H;3H,1-2,4H2. The third-order valence-corrected chi connectivity index (χ3v) is 7.22. The molecule has 0 unspecified atom stereocenters. The quantitative estimate of drug-likeness (QED) is 0.294. The Bertz CT molecular complexity index is 1230. The van der Waals surface area contributed by atoms with Crippen LogP contribution in [0.1, 0.15) is 0 Å². The largest absolute Gasteiger partial charge is 0.378 e. The van der Waals surface area contributed by atoms with Gasteiger partial charge < -0.3 is 15.2 Å². The predicted octanol–water partition coefficient (Wildman–Crippen LogP) is 1.14. The number of hydrogen-bond acceptors (Lipinski definition) is 11. The number of nitro groups is 2. The lowest BCUT2D eigenvalue weighted by Crippen LogP contribution is -2.48. The Morgan fingerprint density at radius 2 is 1.17 bits per heavy atom. The Labute approximate surface area is 204 Å². The molecule has 192 valence electrons. The third-order valence-electron chi connectivity index (χ3n) is 4.31. The Hall–Kier alpha value is -2.73. The number of ether oxygens (including phenoxy) is 2. The number of rotatable bonds is 6. The number of nitrogens with one attached hydrogen (secondary N) is 1. The van der Waals surface area contributed by atoms with Gasteiger partial charge in [0, 0.05) is 34.9 Å². The van der Waals surface area contributed by atoms with Crippen molar-refractivity contribution >= 4 is 41.1 Å². The molecule has 2 saturated heterocycles. The van der Waals surface area contributed by atoms with Gasteiger partial charge in [0.2, 0.25) is 10.0 Å². The van der Waals surface area contributed by atoms with E-state index in [0.717, 1.165) is 49.6 Å². The molecular formula is C18H21ClN4O10S2. The van der Waals surface area contributed by atoms with E-state index in [2.05, 4.69) is 4.72 Å². The molecule has 0 amide bonds. The summed E-state index contributed by atoms with van der Waals surface area (Å²) >= 11 is 0. The van der Waals surface area contributed by atoms with E-state index in [1.807, 2.05) is 0 Å².